The molecular weight excluding hydrogens is 318 g/mol. The van der Waals surface area contributed by atoms with Crippen molar-refractivity contribution in [1.29, 1.82) is 0 Å². The molecule has 0 saturated heterocycles. The normalized spacial score (nSPS) is 12.3. The quantitative estimate of drug-likeness (QED) is 0.663. The molecule has 3 aromatic rings. The van der Waals surface area contributed by atoms with Gasteiger partial charge in [0.15, 0.2) is 0 Å². The fourth-order valence-electron chi connectivity index (χ4n) is 2.95. The van der Waals surface area contributed by atoms with Gasteiger partial charge in [-0.2, -0.15) is 5.10 Å². The molecule has 0 unspecified atom stereocenters. The number of nitrogens with zero attached hydrogens (tertiary/aromatic N) is 2. The van der Waals surface area contributed by atoms with E-state index in [0.717, 1.165) is 16.7 Å². The van der Waals surface area contributed by atoms with E-state index in [4.69, 9.17) is 0 Å². The summed E-state index contributed by atoms with van der Waals surface area (Å²) < 4.78 is 0. The van der Waals surface area contributed by atoms with Crippen molar-refractivity contribution >= 4 is 16.9 Å². The van der Waals surface area contributed by atoms with E-state index in [1.54, 1.807) is 0 Å². The van der Waals surface area contributed by atoms with Crippen molar-refractivity contribution in [2.45, 2.75) is 39.7 Å². The Bertz CT molecular complexity index is 940. The summed E-state index contributed by atoms with van der Waals surface area (Å²) >= 11 is 0. The summed E-state index contributed by atoms with van der Waals surface area (Å²) in [5.41, 5.74) is 2.84. The number of rotatable bonds is 5. The van der Waals surface area contributed by atoms with Crippen molar-refractivity contribution in [3.8, 4) is 0 Å². The summed E-state index contributed by atoms with van der Waals surface area (Å²) in [5, 5.41) is 9.32. The van der Waals surface area contributed by atoms with E-state index < -0.39 is 11.5 Å². The lowest BCUT2D eigenvalue weighted by molar-refractivity contribution is 0.0935. The molecule has 130 valence electrons. The minimum atomic E-state index is -0.469. The Morgan fingerprint density at radius 1 is 1.24 bits per heavy atom. The average Bonchev–Trinajstić information content (AvgIpc) is 3.05. The summed E-state index contributed by atoms with van der Waals surface area (Å²) in [6, 6.07) is 7.30. The SMILES string of the molecule is CCc1n[nH]c(=O)c(C(=O)N[C@@H](C)c2nc3ccccc3[nH]2)c1CC. The third-order valence-electron chi connectivity index (χ3n) is 4.25. The van der Waals surface area contributed by atoms with Gasteiger partial charge in [-0.1, -0.05) is 26.0 Å². The third-order valence-corrected chi connectivity index (χ3v) is 4.25. The zero-order valence-corrected chi connectivity index (χ0v) is 14.5. The molecule has 25 heavy (non-hydrogen) atoms. The van der Waals surface area contributed by atoms with Crippen LogP contribution in [0.2, 0.25) is 0 Å². The Labute approximate surface area is 144 Å². The summed E-state index contributed by atoms with van der Waals surface area (Å²) in [5.74, 6) is 0.233. The number of hydrogen-bond donors (Lipinski definition) is 3. The maximum atomic E-state index is 12.7. The van der Waals surface area contributed by atoms with Gasteiger partial charge in [0.25, 0.3) is 11.5 Å². The van der Waals surface area contributed by atoms with Crippen molar-refractivity contribution in [1.82, 2.24) is 25.5 Å². The van der Waals surface area contributed by atoms with E-state index in [1.807, 2.05) is 45.0 Å². The van der Waals surface area contributed by atoms with Gasteiger partial charge in [-0.15, -0.1) is 0 Å². The van der Waals surface area contributed by atoms with Crippen LogP contribution in [-0.4, -0.2) is 26.1 Å². The summed E-state index contributed by atoms with van der Waals surface area (Å²) in [4.78, 5) is 32.6. The van der Waals surface area contributed by atoms with Crippen LogP contribution in [0.15, 0.2) is 29.1 Å². The molecule has 0 spiro atoms. The van der Waals surface area contributed by atoms with Crippen LogP contribution in [0.5, 0.6) is 0 Å². The van der Waals surface area contributed by atoms with E-state index >= 15 is 0 Å². The summed E-state index contributed by atoms with van der Waals surface area (Å²) in [6.07, 6.45) is 1.22. The second-order valence-electron chi connectivity index (χ2n) is 5.89. The second-order valence-corrected chi connectivity index (χ2v) is 5.89. The lowest BCUT2D eigenvalue weighted by atomic mass is 10.0. The monoisotopic (exact) mass is 339 g/mol. The molecule has 0 saturated carbocycles. The highest BCUT2D eigenvalue weighted by Gasteiger charge is 2.21. The highest BCUT2D eigenvalue weighted by molar-refractivity contribution is 5.95. The first kappa shape index (κ1) is 16.9. The van der Waals surface area contributed by atoms with Gasteiger partial charge in [0, 0.05) is 0 Å². The fraction of sp³-hybridized carbons (Fsp3) is 0.333. The van der Waals surface area contributed by atoms with E-state index in [-0.39, 0.29) is 11.6 Å². The molecule has 2 heterocycles. The molecule has 1 amide bonds. The number of benzene rings is 1. The zero-order chi connectivity index (χ0) is 18.0. The maximum Gasteiger partial charge on any atom is 0.277 e. The molecule has 2 aromatic heterocycles. The van der Waals surface area contributed by atoms with Crippen LogP contribution in [0.4, 0.5) is 0 Å². The molecule has 7 heteroatoms. The molecule has 3 rings (SSSR count). The predicted molar refractivity (Wildman–Crippen MR) is 95.6 cm³/mol. The van der Waals surface area contributed by atoms with Crippen LogP contribution < -0.4 is 10.9 Å². The third kappa shape index (κ3) is 3.17. The molecule has 0 aliphatic rings. The first-order valence-corrected chi connectivity index (χ1v) is 8.41. The van der Waals surface area contributed by atoms with E-state index in [1.165, 1.54) is 0 Å². The number of nitrogens with one attached hydrogen (secondary N) is 3. The topological polar surface area (TPSA) is 104 Å². The molecule has 1 aromatic carbocycles. The second kappa shape index (κ2) is 6.88. The molecule has 0 radical (unpaired) electrons. The standard InChI is InChI=1S/C18H21N5O2/c1-4-11-12(5-2)22-23-18(25)15(11)17(24)19-10(3)16-20-13-8-6-7-9-14(13)21-16/h6-10H,4-5H2,1-3H3,(H,19,24)(H,20,21)(H,23,25)/t10-/m0/s1. The molecule has 3 N–H and O–H groups in total. The molecule has 0 aliphatic heterocycles. The number of carbonyl (C=O) groups excluding carboxylic acids is 1. The Kier molecular flexibility index (Phi) is 4.65. The van der Waals surface area contributed by atoms with Crippen LogP contribution in [-0.2, 0) is 12.8 Å². The van der Waals surface area contributed by atoms with Gasteiger partial charge in [0.2, 0.25) is 0 Å². The van der Waals surface area contributed by atoms with E-state index in [9.17, 15) is 9.59 Å². The first-order chi connectivity index (χ1) is 12.0. The number of para-hydroxylation sites is 2. The number of H-pyrrole nitrogens is 2. The Morgan fingerprint density at radius 2 is 2.00 bits per heavy atom. The number of amides is 1. The van der Waals surface area contributed by atoms with Crippen molar-refractivity contribution in [3.05, 3.63) is 57.3 Å². The molecule has 0 aliphatic carbocycles. The Balaban J connectivity index is 1.90. The first-order valence-electron chi connectivity index (χ1n) is 8.41. The number of aromatic nitrogens is 4. The number of fused-ring (bicyclic) bond motifs is 1. The van der Waals surface area contributed by atoms with Gasteiger partial charge in [-0.3, -0.25) is 9.59 Å². The maximum absolute atomic E-state index is 12.7. The Hall–Kier alpha value is -2.96. The minimum Gasteiger partial charge on any atom is -0.342 e. The van der Waals surface area contributed by atoms with E-state index in [2.05, 4.69) is 25.5 Å². The van der Waals surface area contributed by atoms with Gasteiger partial charge >= 0.3 is 0 Å². The van der Waals surface area contributed by atoms with Crippen LogP contribution in [0.3, 0.4) is 0 Å². The van der Waals surface area contributed by atoms with E-state index in [0.29, 0.717) is 24.2 Å². The zero-order valence-electron chi connectivity index (χ0n) is 14.5. The van der Waals surface area contributed by atoms with Gasteiger partial charge in [-0.25, -0.2) is 10.1 Å². The van der Waals surface area contributed by atoms with Gasteiger partial charge in [0.1, 0.15) is 11.4 Å². The number of aryl methyl sites for hydroxylation is 1. The summed E-state index contributed by atoms with van der Waals surface area (Å²) in [6.45, 7) is 5.69. The molecular formula is C18H21N5O2. The lowest BCUT2D eigenvalue weighted by Gasteiger charge is -2.14. The minimum absolute atomic E-state index is 0.136. The average molecular weight is 339 g/mol. The highest BCUT2D eigenvalue weighted by Crippen LogP contribution is 2.17. The highest BCUT2D eigenvalue weighted by atomic mass is 16.2. The Morgan fingerprint density at radius 3 is 2.68 bits per heavy atom. The lowest BCUT2D eigenvalue weighted by Crippen LogP contribution is -2.34. The smallest absolute Gasteiger partial charge is 0.277 e. The molecule has 1 atom stereocenters. The van der Waals surface area contributed by atoms with Crippen LogP contribution in [0.25, 0.3) is 11.0 Å². The largest absolute Gasteiger partial charge is 0.342 e. The van der Waals surface area contributed by atoms with Crippen LogP contribution in [0.1, 0.15) is 54.3 Å². The molecule has 0 fully saturated rings. The van der Waals surface area contributed by atoms with Gasteiger partial charge in [-0.05, 0) is 37.5 Å². The van der Waals surface area contributed by atoms with Gasteiger partial charge < -0.3 is 10.3 Å². The van der Waals surface area contributed by atoms with Crippen molar-refractivity contribution in [3.63, 3.8) is 0 Å². The summed E-state index contributed by atoms with van der Waals surface area (Å²) in [7, 11) is 0. The van der Waals surface area contributed by atoms with Crippen LogP contribution >= 0.6 is 0 Å². The predicted octanol–water partition coefficient (Wildman–Crippen LogP) is 2.26. The number of hydrogen-bond acceptors (Lipinski definition) is 4. The molecule has 7 nitrogen and oxygen atoms in total. The van der Waals surface area contributed by atoms with Crippen LogP contribution in [0, 0.1) is 0 Å². The van der Waals surface area contributed by atoms with Crippen molar-refractivity contribution in [2.24, 2.45) is 0 Å². The van der Waals surface area contributed by atoms with Gasteiger partial charge in [0.05, 0.1) is 22.8 Å². The van der Waals surface area contributed by atoms with Crippen molar-refractivity contribution < 1.29 is 4.79 Å². The van der Waals surface area contributed by atoms with Crippen molar-refractivity contribution in [2.75, 3.05) is 0 Å². The number of carbonyl (C=O) groups is 1. The molecule has 0 bridgehead atoms. The fourth-order valence-corrected chi connectivity index (χ4v) is 2.95. The number of imidazole rings is 1. The number of aromatic amines is 2.